The van der Waals surface area contributed by atoms with Crippen molar-refractivity contribution in [1.82, 2.24) is 20.9 Å². The van der Waals surface area contributed by atoms with Crippen molar-refractivity contribution in [3.63, 3.8) is 0 Å². The minimum Gasteiger partial charge on any atom is -0.490 e. The number of nitrogens with one attached hydrogen (secondary N) is 3. The summed E-state index contributed by atoms with van der Waals surface area (Å²) in [4.78, 5) is 76.9. The maximum Gasteiger partial charge on any atom is 0.224 e. The summed E-state index contributed by atoms with van der Waals surface area (Å²) in [5, 5.41) is 8.74. The van der Waals surface area contributed by atoms with E-state index in [0.29, 0.717) is 30.5 Å². The third-order valence-corrected chi connectivity index (χ3v) is 9.64. The van der Waals surface area contributed by atoms with E-state index in [0.717, 1.165) is 10.3 Å². The van der Waals surface area contributed by atoms with E-state index in [-0.39, 0.29) is 67.5 Å². The Hall–Kier alpha value is -5.11. The average Bonchev–Trinajstić information content (AvgIpc) is 3.54. The second-order valence-electron chi connectivity index (χ2n) is 13.5. The molecule has 3 heterocycles. The zero-order valence-corrected chi connectivity index (χ0v) is 30.7. The van der Waals surface area contributed by atoms with E-state index in [1.54, 1.807) is 25.1 Å². The van der Waals surface area contributed by atoms with Crippen LogP contribution in [0.25, 0.3) is 10.2 Å². The van der Waals surface area contributed by atoms with E-state index in [1.165, 1.54) is 11.3 Å². The van der Waals surface area contributed by atoms with Gasteiger partial charge in [0.15, 0.2) is 16.8 Å². The van der Waals surface area contributed by atoms with Crippen LogP contribution in [0.5, 0.6) is 5.75 Å². The van der Waals surface area contributed by atoms with E-state index >= 15 is 0 Å². The Morgan fingerprint density at radius 1 is 1.04 bits per heavy atom. The Labute approximate surface area is 308 Å². The van der Waals surface area contributed by atoms with Gasteiger partial charge in [0, 0.05) is 31.8 Å². The number of Topliss-reactive ketones (excluding diaryl/α,β-unsaturated/α-hetero) is 2. The standard InChI is InChI=1S/C38H49N7O6S/c1-23(2)19-30-31(46)21-26(22-33(47)41-16-6-7-18-51-27-14-12-25(13-15-27)20-24(3)35(49)44-30)36(50)43-29(10-8-17-42-38(39)40)34(48)37-45-28-9-4-5-11-32(28)52-37/h4-7,9,11-15,23-24,26,29-30H,8,10,16-22H2,1-3H3,(H,41,47)(H,43,50)(H,44,49)(H4,39,40,42)/b7-6+/t24-,26-,29-,30-/m0/s1. The number of amides is 3. The van der Waals surface area contributed by atoms with Gasteiger partial charge in [0.25, 0.3) is 0 Å². The van der Waals surface area contributed by atoms with Gasteiger partial charge in [-0.3, -0.25) is 29.0 Å². The molecule has 0 saturated carbocycles. The zero-order valence-electron chi connectivity index (χ0n) is 29.9. The Kier molecular flexibility index (Phi) is 14.9. The first-order chi connectivity index (χ1) is 24.9. The molecule has 7 N–H and O–H groups in total. The van der Waals surface area contributed by atoms with Crippen molar-refractivity contribution in [2.75, 3.05) is 19.7 Å². The molecule has 5 rings (SSSR count). The van der Waals surface area contributed by atoms with E-state index in [2.05, 4.69) is 25.9 Å². The third-order valence-electron chi connectivity index (χ3n) is 8.59. The molecule has 4 atom stereocenters. The monoisotopic (exact) mass is 731 g/mol. The van der Waals surface area contributed by atoms with Gasteiger partial charge in [-0.05, 0) is 67.5 Å². The number of rotatable bonds is 10. The lowest BCUT2D eigenvalue weighted by Crippen LogP contribution is -2.48. The van der Waals surface area contributed by atoms with E-state index in [4.69, 9.17) is 16.2 Å². The second-order valence-corrected chi connectivity index (χ2v) is 14.5. The summed E-state index contributed by atoms with van der Waals surface area (Å²) >= 11 is 1.22. The molecule has 14 heteroatoms. The average molecular weight is 732 g/mol. The van der Waals surface area contributed by atoms with E-state index in [9.17, 15) is 24.0 Å². The number of benzene rings is 2. The molecule has 0 spiro atoms. The molecule has 278 valence electrons. The lowest BCUT2D eigenvalue weighted by Gasteiger charge is -2.25. The van der Waals surface area contributed by atoms with E-state index in [1.807, 2.05) is 56.3 Å². The van der Waals surface area contributed by atoms with E-state index < -0.39 is 41.5 Å². The summed E-state index contributed by atoms with van der Waals surface area (Å²) in [6.07, 6.45) is 4.21. The first-order valence-electron chi connectivity index (χ1n) is 17.6. The summed E-state index contributed by atoms with van der Waals surface area (Å²) < 4.78 is 6.58. The lowest BCUT2D eigenvalue weighted by atomic mass is 9.90. The minimum absolute atomic E-state index is 0.0473. The fourth-order valence-electron chi connectivity index (χ4n) is 5.82. The zero-order chi connectivity index (χ0) is 37.6. The molecule has 2 aliphatic rings. The molecule has 1 aromatic heterocycles. The van der Waals surface area contributed by atoms with Gasteiger partial charge < -0.3 is 32.2 Å². The molecule has 0 fully saturated rings. The number of thiazole rings is 1. The van der Waals surface area contributed by atoms with Crippen LogP contribution in [0.3, 0.4) is 0 Å². The van der Waals surface area contributed by atoms with Gasteiger partial charge in [0.1, 0.15) is 12.4 Å². The number of ketones is 2. The molecule has 0 radical (unpaired) electrons. The fourth-order valence-corrected chi connectivity index (χ4v) is 6.78. The Balaban J connectivity index is 1.59. The summed E-state index contributed by atoms with van der Waals surface area (Å²) in [5.41, 5.74) is 12.6. The highest BCUT2D eigenvalue weighted by Gasteiger charge is 2.33. The van der Waals surface area contributed by atoms with Gasteiger partial charge >= 0.3 is 0 Å². The number of para-hydroxylation sites is 1. The number of hydrogen-bond acceptors (Lipinski definition) is 9. The van der Waals surface area contributed by atoms with Crippen LogP contribution in [0.4, 0.5) is 0 Å². The van der Waals surface area contributed by atoms with Crippen molar-refractivity contribution < 1.29 is 28.7 Å². The van der Waals surface area contributed by atoms with Crippen LogP contribution in [0.1, 0.15) is 68.2 Å². The maximum absolute atomic E-state index is 14.0. The fraction of sp³-hybridized carbons (Fsp3) is 0.447. The second kappa shape index (κ2) is 19.5. The van der Waals surface area contributed by atoms with Crippen LogP contribution < -0.4 is 32.2 Å². The van der Waals surface area contributed by atoms with Gasteiger partial charge in [-0.2, -0.15) is 0 Å². The number of carbonyl (C=O) groups excluding carboxylic acids is 5. The summed E-state index contributed by atoms with van der Waals surface area (Å²) in [5.74, 6) is -3.11. The molecule has 0 saturated heterocycles. The number of carbonyl (C=O) groups is 5. The van der Waals surface area contributed by atoms with Crippen molar-refractivity contribution in [2.45, 2.75) is 71.4 Å². The predicted octanol–water partition coefficient (Wildman–Crippen LogP) is 3.46. The van der Waals surface area contributed by atoms with Crippen LogP contribution in [-0.4, -0.2) is 72.0 Å². The minimum atomic E-state index is -1.13. The highest BCUT2D eigenvalue weighted by Crippen LogP contribution is 2.24. The quantitative estimate of drug-likeness (QED) is 0.0679. The number of hydrogen-bond donors (Lipinski definition) is 5. The number of fused-ring (bicyclic) bond motifs is 17. The Morgan fingerprint density at radius 2 is 1.79 bits per heavy atom. The van der Waals surface area contributed by atoms with Crippen LogP contribution >= 0.6 is 11.3 Å². The number of nitrogens with two attached hydrogens (primary N) is 2. The van der Waals surface area contributed by atoms with Crippen LogP contribution in [0.15, 0.2) is 65.7 Å². The summed E-state index contributed by atoms with van der Waals surface area (Å²) in [6.45, 7) is 6.36. The SMILES string of the molecule is CC(C)C[C@@H]1NC(=O)[C@@H](C)Cc2ccc(cc2)OC/C=C/CNC(=O)C[C@@H](C(=O)N[C@@H](CCCN=C(N)N)C(=O)c2nc3ccccc3s2)CC1=O. The van der Waals surface area contributed by atoms with Gasteiger partial charge in [-0.1, -0.05) is 51.1 Å². The smallest absolute Gasteiger partial charge is 0.224 e. The van der Waals surface area contributed by atoms with Crippen LogP contribution in [0, 0.1) is 17.8 Å². The Morgan fingerprint density at radius 3 is 2.50 bits per heavy atom. The lowest BCUT2D eigenvalue weighted by molar-refractivity contribution is -0.135. The van der Waals surface area contributed by atoms with Gasteiger partial charge in [-0.15, -0.1) is 11.3 Å². The highest BCUT2D eigenvalue weighted by atomic mass is 32.1. The number of nitrogens with zero attached hydrogens (tertiary/aromatic N) is 2. The largest absolute Gasteiger partial charge is 0.490 e. The molecule has 3 aromatic rings. The van der Waals surface area contributed by atoms with Crippen LogP contribution in [-0.2, 0) is 25.6 Å². The molecule has 2 aliphatic heterocycles. The van der Waals surface area contributed by atoms with Crippen molar-refractivity contribution >= 4 is 56.8 Å². The number of ether oxygens (including phenoxy) is 1. The molecular weight excluding hydrogens is 683 g/mol. The summed E-state index contributed by atoms with van der Waals surface area (Å²) in [6, 6.07) is 12.9. The number of aromatic nitrogens is 1. The first-order valence-corrected chi connectivity index (χ1v) is 18.4. The maximum atomic E-state index is 14.0. The van der Waals surface area contributed by atoms with Crippen molar-refractivity contribution in [3.05, 3.63) is 71.3 Å². The first kappa shape index (κ1) is 39.7. The molecule has 2 bridgehead atoms. The van der Waals surface area contributed by atoms with Crippen molar-refractivity contribution in [3.8, 4) is 5.75 Å². The van der Waals surface area contributed by atoms with Gasteiger partial charge in [0.2, 0.25) is 23.5 Å². The number of guanidine groups is 1. The molecular formula is C38H49N7O6S. The molecule has 3 amide bonds. The van der Waals surface area contributed by atoms with Crippen LogP contribution in [0.2, 0.25) is 0 Å². The van der Waals surface area contributed by atoms with Gasteiger partial charge in [-0.25, -0.2) is 4.98 Å². The normalized spacial score (nSPS) is 20.3. The van der Waals surface area contributed by atoms with Crippen molar-refractivity contribution in [2.24, 2.45) is 34.2 Å². The Bertz CT molecular complexity index is 1730. The van der Waals surface area contributed by atoms with Gasteiger partial charge in [0.05, 0.1) is 28.2 Å². The topological polar surface area (TPSA) is 208 Å². The molecule has 52 heavy (non-hydrogen) atoms. The van der Waals surface area contributed by atoms with Crippen molar-refractivity contribution in [1.29, 1.82) is 0 Å². The predicted molar refractivity (Wildman–Crippen MR) is 202 cm³/mol. The molecule has 0 unspecified atom stereocenters. The number of aliphatic imine (C=N–C) groups is 1. The molecule has 13 nitrogen and oxygen atoms in total. The molecule has 2 aromatic carbocycles. The highest BCUT2D eigenvalue weighted by molar-refractivity contribution is 7.20. The third kappa shape index (κ3) is 12.3. The molecule has 0 aliphatic carbocycles. The summed E-state index contributed by atoms with van der Waals surface area (Å²) in [7, 11) is 0.